The molecule has 4 heterocycles. The highest BCUT2D eigenvalue weighted by Gasteiger charge is 2.43. The van der Waals surface area contributed by atoms with E-state index in [0.717, 1.165) is 53.9 Å². The minimum atomic E-state index is -0.659. The predicted molar refractivity (Wildman–Crippen MR) is 147 cm³/mol. The number of anilines is 1. The second-order valence-electron chi connectivity index (χ2n) is 10.8. The molecule has 3 fully saturated rings. The van der Waals surface area contributed by atoms with Crippen LogP contribution in [0.15, 0.2) is 40.9 Å². The van der Waals surface area contributed by atoms with E-state index in [1.165, 1.54) is 18.2 Å². The Morgan fingerprint density at radius 3 is 2.55 bits per heavy atom. The minimum absolute atomic E-state index is 0.0128. The van der Waals surface area contributed by atoms with Crippen LogP contribution in [0, 0.1) is 11.6 Å². The zero-order valence-electron chi connectivity index (χ0n) is 22.1. The van der Waals surface area contributed by atoms with Crippen molar-refractivity contribution in [1.29, 1.82) is 0 Å². The number of carbonyl (C=O) groups excluding carboxylic acids is 1. The quantitative estimate of drug-likeness (QED) is 0.213. The molecular weight excluding hydrogens is 536 g/mol. The first-order valence-electron chi connectivity index (χ1n) is 13.9. The van der Waals surface area contributed by atoms with E-state index in [1.807, 2.05) is 12.1 Å². The molecule has 10 heteroatoms. The molecule has 40 heavy (non-hydrogen) atoms. The molecule has 7 nitrogen and oxygen atoms in total. The van der Waals surface area contributed by atoms with E-state index >= 15 is 0 Å². The highest BCUT2D eigenvalue weighted by Crippen LogP contribution is 2.46. The van der Waals surface area contributed by atoms with Crippen molar-refractivity contribution in [1.82, 2.24) is 10.1 Å². The van der Waals surface area contributed by atoms with Gasteiger partial charge in [-0.25, -0.2) is 18.6 Å². The Morgan fingerprint density at radius 2 is 1.85 bits per heavy atom. The summed E-state index contributed by atoms with van der Waals surface area (Å²) in [7, 11) is 0. The Morgan fingerprint density at radius 1 is 1.10 bits per heavy atom. The van der Waals surface area contributed by atoms with Crippen molar-refractivity contribution in [2.75, 3.05) is 11.5 Å². The van der Waals surface area contributed by atoms with Gasteiger partial charge in [0, 0.05) is 23.6 Å². The van der Waals surface area contributed by atoms with Gasteiger partial charge in [0.2, 0.25) is 0 Å². The van der Waals surface area contributed by atoms with Crippen molar-refractivity contribution in [2.45, 2.75) is 76.2 Å². The number of benzene rings is 2. The Kier molecular flexibility index (Phi) is 6.54. The fourth-order valence-corrected chi connectivity index (χ4v) is 7.34. The van der Waals surface area contributed by atoms with E-state index in [4.69, 9.17) is 19.0 Å². The summed E-state index contributed by atoms with van der Waals surface area (Å²) in [5, 5.41) is 5.06. The van der Waals surface area contributed by atoms with Gasteiger partial charge in [-0.3, -0.25) is 0 Å². The number of esters is 1. The van der Waals surface area contributed by atoms with Gasteiger partial charge in [-0.05, 0) is 75.8 Å². The van der Waals surface area contributed by atoms with Crippen molar-refractivity contribution >= 4 is 32.7 Å². The van der Waals surface area contributed by atoms with Gasteiger partial charge >= 0.3 is 5.97 Å². The normalized spacial score (nSPS) is 22.3. The summed E-state index contributed by atoms with van der Waals surface area (Å²) >= 11 is 1.60. The van der Waals surface area contributed by atoms with Crippen molar-refractivity contribution in [3.05, 3.63) is 64.9 Å². The fraction of sp³-hybridized carbons (Fsp3) is 0.433. The number of aromatic nitrogens is 2. The lowest BCUT2D eigenvalue weighted by atomic mass is 10.00. The third-order valence-corrected chi connectivity index (χ3v) is 9.26. The Labute approximate surface area is 234 Å². The van der Waals surface area contributed by atoms with Crippen LogP contribution >= 0.6 is 11.3 Å². The van der Waals surface area contributed by atoms with Crippen LogP contribution in [-0.2, 0) is 16.1 Å². The summed E-state index contributed by atoms with van der Waals surface area (Å²) in [6, 6.07) is 9.92. The molecule has 1 aliphatic carbocycles. The van der Waals surface area contributed by atoms with Crippen LogP contribution in [0.3, 0.4) is 0 Å². The molecule has 2 aromatic heterocycles. The monoisotopic (exact) mass is 565 g/mol. The molecule has 2 aliphatic heterocycles. The Balaban J connectivity index is 1.08. The van der Waals surface area contributed by atoms with E-state index in [0.29, 0.717) is 35.6 Å². The largest absolute Gasteiger partial charge is 0.462 e. The molecule has 3 aliphatic rings. The van der Waals surface area contributed by atoms with Crippen LogP contribution in [-0.4, -0.2) is 40.9 Å². The van der Waals surface area contributed by atoms with E-state index in [1.54, 1.807) is 24.3 Å². The molecule has 7 rings (SSSR count). The van der Waals surface area contributed by atoms with Gasteiger partial charge in [-0.2, -0.15) is 0 Å². The molecule has 0 spiro atoms. The van der Waals surface area contributed by atoms with E-state index in [-0.39, 0.29) is 35.9 Å². The summed E-state index contributed by atoms with van der Waals surface area (Å²) < 4.78 is 47.4. The molecule has 0 amide bonds. The van der Waals surface area contributed by atoms with Gasteiger partial charge in [0.25, 0.3) is 0 Å². The SMILES string of the molecule is CCOC(=O)c1ccc2nc(N3C4CC[C@H]3C[C@H](OCc3c(-c5c(F)cccc5F)noc3C3CC3)C4)sc2c1. The average Bonchev–Trinajstić information content (AvgIpc) is 3.47. The highest BCUT2D eigenvalue weighted by molar-refractivity contribution is 7.22. The van der Waals surface area contributed by atoms with Gasteiger partial charge in [0.15, 0.2) is 5.13 Å². The predicted octanol–water partition coefficient (Wildman–Crippen LogP) is 7.00. The van der Waals surface area contributed by atoms with Crippen LogP contribution in [0.5, 0.6) is 0 Å². The maximum absolute atomic E-state index is 14.6. The number of carbonyl (C=O) groups is 1. The molecule has 208 valence electrons. The lowest BCUT2D eigenvalue weighted by Gasteiger charge is -2.38. The molecule has 1 saturated carbocycles. The summed E-state index contributed by atoms with van der Waals surface area (Å²) in [5.41, 5.74) is 2.11. The smallest absolute Gasteiger partial charge is 0.338 e. The zero-order valence-corrected chi connectivity index (χ0v) is 22.9. The van der Waals surface area contributed by atoms with Gasteiger partial charge in [0.05, 0.1) is 40.7 Å². The van der Waals surface area contributed by atoms with E-state index < -0.39 is 11.6 Å². The molecule has 1 unspecified atom stereocenters. The number of nitrogens with zero attached hydrogens (tertiary/aromatic N) is 3. The molecule has 2 bridgehead atoms. The van der Waals surface area contributed by atoms with Crippen LogP contribution in [0.25, 0.3) is 21.5 Å². The van der Waals surface area contributed by atoms with E-state index in [9.17, 15) is 13.6 Å². The number of ether oxygens (including phenoxy) is 2. The summed E-state index contributed by atoms with van der Waals surface area (Å²) in [6.45, 7) is 2.34. The van der Waals surface area contributed by atoms with E-state index in [2.05, 4.69) is 10.1 Å². The molecule has 2 saturated heterocycles. The molecular formula is C30H29F2N3O4S. The zero-order chi connectivity index (χ0) is 27.4. The maximum atomic E-state index is 14.6. The summed E-state index contributed by atoms with van der Waals surface area (Å²) in [4.78, 5) is 19.5. The number of piperidine rings is 1. The maximum Gasteiger partial charge on any atom is 0.338 e. The van der Waals surface area contributed by atoms with Crippen LogP contribution < -0.4 is 4.90 Å². The summed E-state index contributed by atoms with van der Waals surface area (Å²) in [6.07, 6.45) is 5.77. The number of hydrogen-bond donors (Lipinski definition) is 0. The van der Waals surface area contributed by atoms with Crippen molar-refractivity contribution < 1.29 is 27.6 Å². The van der Waals surface area contributed by atoms with Crippen LogP contribution in [0.2, 0.25) is 0 Å². The Bertz CT molecular complexity index is 1550. The number of thiazole rings is 1. The van der Waals surface area contributed by atoms with Crippen molar-refractivity contribution in [2.24, 2.45) is 0 Å². The minimum Gasteiger partial charge on any atom is -0.462 e. The molecule has 3 atom stereocenters. The van der Waals surface area contributed by atoms with Crippen LogP contribution in [0.1, 0.15) is 73.0 Å². The number of fused-ring (bicyclic) bond motifs is 3. The third-order valence-electron chi connectivity index (χ3n) is 8.23. The molecule has 2 aromatic carbocycles. The second-order valence-corrected chi connectivity index (χ2v) is 11.9. The number of hydrogen-bond acceptors (Lipinski definition) is 8. The van der Waals surface area contributed by atoms with Crippen molar-refractivity contribution in [3.8, 4) is 11.3 Å². The lowest BCUT2D eigenvalue weighted by molar-refractivity contribution is 0.0147. The fourth-order valence-electron chi connectivity index (χ4n) is 6.19. The highest BCUT2D eigenvalue weighted by atomic mass is 32.1. The topological polar surface area (TPSA) is 77.7 Å². The molecule has 0 N–H and O–H groups in total. The van der Waals surface area contributed by atoms with Gasteiger partial charge < -0.3 is 18.9 Å². The summed E-state index contributed by atoms with van der Waals surface area (Å²) in [5.74, 6) is -0.719. The Hall–Kier alpha value is -3.37. The van der Waals surface area contributed by atoms with Gasteiger partial charge in [-0.15, -0.1) is 0 Å². The first-order chi connectivity index (χ1) is 19.5. The molecule has 0 radical (unpaired) electrons. The third kappa shape index (κ3) is 4.56. The average molecular weight is 566 g/mol. The van der Waals surface area contributed by atoms with Gasteiger partial charge in [0.1, 0.15) is 23.1 Å². The van der Waals surface area contributed by atoms with Crippen molar-refractivity contribution in [3.63, 3.8) is 0 Å². The van der Waals surface area contributed by atoms with Gasteiger partial charge in [-0.1, -0.05) is 22.6 Å². The first kappa shape index (κ1) is 25.6. The van der Waals surface area contributed by atoms with Crippen LogP contribution in [0.4, 0.5) is 13.9 Å². The standard InChI is InChI=1S/C30H29F2N3O4S/c1-2-37-29(36)17-8-11-24-25(12-17)40-30(33-24)35-18-9-10-19(35)14-20(13-18)38-15-21-27(34-39-28(21)16-6-7-16)26-22(31)4-3-5-23(26)32/h3-5,8,11-12,16,18-20H,2,6-7,9-10,13-15H2,1H3/t18-,19?,20-/m0/s1. The molecule has 4 aromatic rings. The number of halogens is 2. The number of rotatable bonds is 8. The first-order valence-corrected chi connectivity index (χ1v) is 14.7. The lowest BCUT2D eigenvalue weighted by Crippen LogP contribution is -2.45. The second kappa shape index (κ2) is 10.2.